The van der Waals surface area contributed by atoms with Crippen LogP contribution >= 0.6 is 11.3 Å². The molecule has 0 radical (unpaired) electrons. The standard InChI is InChI=1S/C20H13N3O5S/c1-11-21-22-20(29-11)23-17(25)14-8-7-13(9-15(14)18(23)26)19(27)28-10-16(24)12-5-3-2-4-6-12/h2-9H,10H2,1H3. The zero-order chi connectivity index (χ0) is 20.5. The molecule has 3 aromatic rings. The van der Waals surface area contributed by atoms with E-state index in [1.54, 1.807) is 37.3 Å². The van der Waals surface area contributed by atoms with E-state index < -0.39 is 24.4 Å². The van der Waals surface area contributed by atoms with Crippen molar-refractivity contribution in [2.45, 2.75) is 6.92 Å². The molecule has 29 heavy (non-hydrogen) atoms. The van der Waals surface area contributed by atoms with Crippen molar-refractivity contribution in [1.82, 2.24) is 10.2 Å². The van der Waals surface area contributed by atoms with Crippen molar-refractivity contribution in [2.75, 3.05) is 11.5 Å². The molecule has 2 heterocycles. The number of fused-ring (bicyclic) bond motifs is 1. The highest BCUT2D eigenvalue weighted by Crippen LogP contribution is 2.30. The van der Waals surface area contributed by atoms with E-state index in [0.717, 1.165) is 16.2 Å². The van der Waals surface area contributed by atoms with Crippen molar-refractivity contribution in [3.63, 3.8) is 0 Å². The number of Topliss-reactive ketones (excluding diaryl/α,β-unsaturated/α-hetero) is 1. The van der Waals surface area contributed by atoms with Gasteiger partial charge in [0.15, 0.2) is 12.4 Å². The minimum atomic E-state index is -0.762. The molecule has 0 atom stereocenters. The van der Waals surface area contributed by atoms with Crippen LogP contribution in [0.3, 0.4) is 0 Å². The van der Waals surface area contributed by atoms with Gasteiger partial charge in [0.25, 0.3) is 11.8 Å². The van der Waals surface area contributed by atoms with E-state index in [4.69, 9.17) is 4.74 Å². The Morgan fingerprint density at radius 2 is 1.69 bits per heavy atom. The van der Waals surface area contributed by atoms with Crippen LogP contribution in [0.2, 0.25) is 0 Å². The second-order valence-corrected chi connectivity index (χ2v) is 7.34. The monoisotopic (exact) mass is 407 g/mol. The van der Waals surface area contributed by atoms with E-state index in [-0.39, 0.29) is 27.6 Å². The Hall–Kier alpha value is -3.72. The topological polar surface area (TPSA) is 107 Å². The van der Waals surface area contributed by atoms with Crippen LogP contribution in [0.1, 0.15) is 46.4 Å². The number of nitrogens with zero attached hydrogens (tertiary/aromatic N) is 3. The number of hydrogen-bond donors (Lipinski definition) is 0. The molecule has 0 saturated carbocycles. The smallest absolute Gasteiger partial charge is 0.338 e. The third-order valence-electron chi connectivity index (χ3n) is 4.26. The van der Waals surface area contributed by atoms with Gasteiger partial charge in [-0.2, -0.15) is 0 Å². The van der Waals surface area contributed by atoms with Gasteiger partial charge in [0.05, 0.1) is 16.7 Å². The lowest BCUT2D eigenvalue weighted by Gasteiger charge is -2.07. The van der Waals surface area contributed by atoms with Gasteiger partial charge < -0.3 is 4.74 Å². The van der Waals surface area contributed by atoms with Gasteiger partial charge in [0.1, 0.15) is 5.01 Å². The van der Waals surface area contributed by atoms with Gasteiger partial charge in [-0.15, -0.1) is 10.2 Å². The number of benzene rings is 2. The highest BCUT2D eigenvalue weighted by Gasteiger charge is 2.39. The summed E-state index contributed by atoms with van der Waals surface area (Å²) >= 11 is 1.12. The Morgan fingerprint density at radius 1 is 0.966 bits per heavy atom. The van der Waals surface area contributed by atoms with Crippen molar-refractivity contribution in [3.8, 4) is 0 Å². The van der Waals surface area contributed by atoms with Gasteiger partial charge >= 0.3 is 5.97 Å². The van der Waals surface area contributed by atoms with Crippen LogP contribution in [-0.2, 0) is 4.74 Å². The Balaban J connectivity index is 1.51. The van der Waals surface area contributed by atoms with Gasteiger partial charge in [0.2, 0.25) is 5.13 Å². The summed E-state index contributed by atoms with van der Waals surface area (Å²) in [5.41, 5.74) is 0.741. The number of hydrogen-bond acceptors (Lipinski definition) is 8. The largest absolute Gasteiger partial charge is 0.454 e. The van der Waals surface area contributed by atoms with Crippen LogP contribution < -0.4 is 4.90 Å². The van der Waals surface area contributed by atoms with E-state index >= 15 is 0 Å². The van der Waals surface area contributed by atoms with Gasteiger partial charge in [-0.1, -0.05) is 41.7 Å². The van der Waals surface area contributed by atoms with Crippen LogP contribution in [0, 0.1) is 6.92 Å². The fraction of sp³-hybridized carbons (Fsp3) is 0.100. The summed E-state index contributed by atoms with van der Waals surface area (Å²) < 4.78 is 5.06. The maximum atomic E-state index is 12.7. The van der Waals surface area contributed by atoms with Crippen molar-refractivity contribution >= 4 is 40.0 Å². The number of carbonyl (C=O) groups is 4. The van der Waals surface area contributed by atoms with Crippen molar-refractivity contribution in [3.05, 3.63) is 75.8 Å². The quantitative estimate of drug-likeness (QED) is 0.364. The Kier molecular flexibility index (Phi) is 4.73. The van der Waals surface area contributed by atoms with Crippen molar-refractivity contribution in [2.24, 2.45) is 0 Å². The summed E-state index contributed by atoms with van der Waals surface area (Å²) in [4.78, 5) is 50.6. The molecular formula is C20H13N3O5S. The maximum Gasteiger partial charge on any atom is 0.338 e. The fourth-order valence-corrected chi connectivity index (χ4v) is 3.52. The summed E-state index contributed by atoms with van der Waals surface area (Å²) in [5.74, 6) is -2.22. The van der Waals surface area contributed by atoms with Crippen LogP contribution in [0.5, 0.6) is 0 Å². The molecule has 0 unspecified atom stereocenters. The zero-order valence-electron chi connectivity index (χ0n) is 15.1. The number of imide groups is 1. The Bertz CT molecular complexity index is 1160. The molecule has 1 aliphatic heterocycles. The van der Waals surface area contributed by atoms with Crippen LogP contribution in [0.25, 0.3) is 0 Å². The average molecular weight is 407 g/mol. The molecule has 4 rings (SSSR count). The maximum absolute atomic E-state index is 12.7. The van der Waals surface area contributed by atoms with Gasteiger partial charge in [-0.3, -0.25) is 14.4 Å². The molecule has 0 saturated heterocycles. The molecule has 0 fully saturated rings. The lowest BCUT2D eigenvalue weighted by molar-refractivity contribution is 0.0474. The van der Waals surface area contributed by atoms with Gasteiger partial charge in [-0.25, -0.2) is 9.69 Å². The third kappa shape index (κ3) is 3.43. The number of anilines is 1. The zero-order valence-corrected chi connectivity index (χ0v) is 15.9. The molecule has 1 aliphatic rings. The number of esters is 1. The SMILES string of the molecule is Cc1nnc(N2C(=O)c3ccc(C(=O)OCC(=O)c4ccccc4)cc3C2=O)s1. The normalized spacial score (nSPS) is 12.8. The first-order valence-electron chi connectivity index (χ1n) is 8.54. The number of ether oxygens (including phenoxy) is 1. The lowest BCUT2D eigenvalue weighted by atomic mass is 10.1. The average Bonchev–Trinajstić information content (AvgIpc) is 3.27. The van der Waals surface area contributed by atoms with E-state index in [1.165, 1.54) is 18.2 Å². The predicted octanol–water partition coefficient (Wildman–Crippen LogP) is 2.69. The van der Waals surface area contributed by atoms with E-state index in [9.17, 15) is 19.2 Å². The van der Waals surface area contributed by atoms with Crippen LogP contribution in [0.15, 0.2) is 48.5 Å². The second kappa shape index (κ2) is 7.36. The van der Waals surface area contributed by atoms with Crippen LogP contribution in [0.4, 0.5) is 5.13 Å². The van der Waals surface area contributed by atoms with Crippen molar-refractivity contribution in [1.29, 1.82) is 0 Å². The molecular weight excluding hydrogens is 394 g/mol. The number of ketones is 1. The minimum Gasteiger partial charge on any atom is -0.454 e. The van der Waals surface area contributed by atoms with Gasteiger partial charge in [-0.05, 0) is 25.1 Å². The summed E-state index contributed by atoms with van der Waals surface area (Å²) in [6, 6.07) is 12.5. The molecule has 144 valence electrons. The first-order chi connectivity index (χ1) is 14.0. The number of rotatable bonds is 5. The number of aromatic nitrogens is 2. The molecule has 2 amide bonds. The summed E-state index contributed by atoms with van der Waals surface area (Å²) in [7, 11) is 0. The third-order valence-corrected chi connectivity index (χ3v) is 5.08. The molecule has 0 aliphatic carbocycles. The lowest BCUT2D eigenvalue weighted by Crippen LogP contribution is -2.29. The highest BCUT2D eigenvalue weighted by molar-refractivity contribution is 7.15. The summed E-state index contributed by atoms with van der Waals surface area (Å²) in [6.45, 7) is 1.28. The summed E-state index contributed by atoms with van der Waals surface area (Å²) in [6.07, 6.45) is 0. The first-order valence-corrected chi connectivity index (χ1v) is 9.35. The summed E-state index contributed by atoms with van der Waals surface area (Å²) in [5, 5.41) is 8.45. The molecule has 0 spiro atoms. The van der Waals surface area contributed by atoms with E-state index in [1.807, 2.05) is 0 Å². The fourth-order valence-electron chi connectivity index (χ4n) is 2.84. The van der Waals surface area contributed by atoms with Gasteiger partial charge in [0, 0.05) is 5.56 Å². The number of aryl methyl sites for hydroxylation is 1. The van der Waals surface area contributed by atoms with Crippen LogP contribution in [-0.4, -0.2) is 40.4 Å². The van der Waals surface area contributed by atoms with E-state index in [0.29, 0.717) is 10.6 Å². The molecule has 0 bridgehead atoms. The molecule has 8 nitrogen and oxygen atoms in total. The Morgan fingerprint density at radius 3 is 2.38 bits per heavy atom. The Labute approximate surface area is 168 Å². The van der Waals surface area contributed by atoms with E-state index in [2.05, 4.69) is 10.2 Å². The molecule has 9 heteroatoms. The van der Waals surface area contributed by atoms with Crippen molar-refractivity contribution < 1.29 is 23.9 Å². The molecule has 0 N–H and O–H groups in total. The second-order valence-electron chi connectivity index (χ2n) is 6.18. The number of carbonyl (C=O) groups excluding carboxylic acids is 4. The molecule has 2 aromatic carbocycles. The first kappa shape index (κ1) is 18.6. The minimum absolute atomic E-state index is 0.0704. The predicted molar refractivity (Wildman–Crippen MR) is 103 cm³/mol. The molecule has 1 aromatic heterocycles. The highest BCUT2D eigenvalue weighted by atomic mass is 32.1. The number of amides is 2.